The van der Waals surface area contributed by atoms with Crippen molar-refractivity contribution in [2.75, 3.05) is 0 Å². The molecule has 0 atom stereocenters. The van der Waals surface area contributed by atoms with Crippen LogP contribution in [0.3, 0.4) is 0 Å². The first kappa shape index (κ1) is 5.68. The Morgan fingerprint density at radius 3 is 2.67 bits per heavy atom. The molecule has 0 heterocycles. The van der Waals surface area contributed by atoms with E-state index in [1.165, 1.54) is 0 Å². The Hall–Kier alpha value is -0.320. The second kappa shape index (κ2) is 4.68. The fourth-order valence-corrected chi connectivity index (χ4v) is 0.318. The predicted molar refractivity (Wildman–Crippen MR) is 27.4 cm³/mol. The zero-order valence-electron chi connectivity index (χ0n) is 2.71. The van der Waals surface area contributed by atoms with Crippen LogP contribution in [0.15, 0.2) is 0 Å². The summed E-state index contributed by atoms with van der Waals surface area (Å²) < 4.78 is 2.83. The molecule has 0 bridgehead atoms. The molecule has 6 heavy (non-hydrogen) atoms. The summed E-state index contributed by atoms with van der Waals surface area (Å²) in [4.78, 5) is 0. The van der Waals surface area contributed by atoms with Gasteiger partial charge in [-0.3, -0.25) is 0 Å². The lowest BCUT2D eigenvalue weighted by Crippen LogP contribution is -1.25. The van der Waals surface area contributed by atoms with Gasteiger partial charge in [-0.1, -0.05) is 0 Å². The van der Waals surface area contributed by atoms with Crippen LogP contribution in [0.1, 0.15) is 0 Å². The van der Waals surface area contributed by atoms with E-state index < -0.39 is 0 Å². The quantitative estimate of drug-likeness (QED) is 0.171. The Balaban J connectivity index is 2.78. The maximum atomic E-state index is 7.75. The van der Waals surface area contributed by atoms with Crippen LogP contribution in [0.5, 0.6) is 0 Å². The number of nitrogens with zero attached hydrogens (tertiary/aromatic N) is 2. The summed E-state index contributed by atoms with van der Waals surface area (Å²) in [5.41, 5.74) is 0. The Morgan fingerprint density at radius 1 is 1.83 bits per heavy atom. The van der Waals surface area contributed by atoms with Gasteiger partial charge in [-0.2, -0.15) is 5.26 Å². The van der Waals surface area contributed by atoms with Crippen molar-refractivity contribution < 1.29 is 0 Å². The number of rotatable bonds is 1. The van der Waals surface area contributed by atoms with Gasteiger partial charge in [0.15, 0.2) is 5.40 Å². The lowest BCUT2D eigenvalue weighted by Gasteiger charge is -1.56. The molecule has 0 saturated heterocycles. The van der Waals surface area contributed by atoms with Crippen molar-refractivity contribution in [3.63, 3.8) is 0 Å². The molecule has 0 aliphatic carbocycles. The van der Waals surface area contributed by atoms with E-state index in [4.69, 9.17) is 11.8 Å². The molecule has 0 aromatic rings. The molecule has 0 radical (unpaired) electrons. The van der Waals surface area contributed by atoms with E-state index in [2.05, 4.69) is 4.25 Å². The number of hydrogen-bond donors (Lipinski definition) is 0. The summed E-state index contributed by atoms with van der Waals surface area (Å²) in [6.45, 7) is 6.12. The molecule has 0 amide bonds. The van der Waals surface area contributed by atoms with E-state index in [-0.39, 0.29) is 0 Å². The normalized spacial score (nSPS) is 5.67. The van der Waals surface area contributed by atoms with E-state index in [9.17, 15) is 0 Å². The van der Waals surface area contributed by atoms with Crippen molar-refractivity contribution in [3.8, 4) is 5.40 Å². The molecule has 30 valence electrons. The highest BCUT2D eigenvalue weighted by Crippen LogP contribution is 2.19. The standard InChI is InChI=1S/C2N2S2/c1-4-6-5-2-3. The van der Waals surface area contributed by atoms with E-state index in [0.29, 0.717) is 0 Å². The maximum absolute atomic E-state index is 7.75. The van der Waals surface area contributed by atoms with Gasteiger partial charge in [0.25, 0.3) is 0 Å². The molecule has 0 N–H and O–H groups in total. The van der Waals surface area contributed by atoms with Crippen LogP contribution >= 0.6 is 21.8 Å². The maximum Gasteiger partial charge on any atom is 0.345 e. The fourth-order valence-electron chi connectivity index (χ4n) is 0.0353. The minimum absolute atomic E-state index is 0.855. The Bertz CT molecular complexity index is 83.1. The average molecular weight is 116 g/mol. The highest BCUT2D eigenvalue weighted by atomic mass is 33.1. The lowest BCUT2D eigenvalue weighted by atomic mass is 11.8. The summed E-state index contributed by atoms with van der Waals surface area (Å²) >= 11 is 0. The van der Waals surface area contributed by atoms with Gasteiger partial charge >= 0.3 is 11.0 Å². The summed E-state index contributed by atoms with van der Waals surface area (Å²) in [7, 11) is 1.73. The highest BCUT2D eigenvalue weighted by molar-refractivity contribution is 8.79. The van der Waals surface area contributed by atoms with Gasteiger partial charge in [0.1, 0.15) is 10.8 Å². The summed E-state index contributed by atoms with van der Waals surface area (Å²) in [5, 5.41) is 9.48. The molecule has 2 nitrogen and oxygen atoms in total. The summed E-state index contributed by atoms with van der Waals surface area (Å²) in [6.07, 6.45) is 0. The van der Waals surface area contributed by atoms with Gasteiger partial charge in [-0.15, -0.1) is 0 Å². The molecule has 4 heteroatoms. The minimum atomic E-state index is 0.855. The van der Waals surface area contributed by atoms with Crippen molar-refractivity contribution in [3.05, 3.63) is 10.8 Å². The van der Waals surface area contributed by atoms with Crippen LogP contribution in [0.4, 0.5) is 0 Å². The Labute approximate surface area is 43.9 Å². The molecule has 0 spiro atoms. The second-order valence-electron chi connectivity index (χ2n) is 0.340. The van der Waals surface area contributed by atoms with Crippen molar-refractivity contribution in [1.82, 2.24) is 0 Å². The monoisotopic (exact) mass is 116 g/mol. The van der Waals surface area contributed by atoms with Crippen LogP contribution in [-0.4, -0.2) is 0 Å². The largest absolute Gasteiger partial charge is 0.345 e. The average Bonchev–Trinajstić information content (AvgIpc) is 1.61. The third-order valence-electron chi connectivity index (χ3n) is 0.112. The zero-order chi connectivity index (χ0) is 4.83. The van der Waals surface area contributed by atoms with Crippen LogP contribution in [0, 0.1) is 17.2 Å². The number of nitriles is 1. The molecule has 0 aromatic carbocycles. The van der Waals surface area contributed by atoms with Gasteiger partial charge < -0.3 is 0 Å². The first-order chi connectivity index (χ1) is 2.91. The van der Waals surface area contributed by atoms with Gasteiger partial charge in [-0.25, -0.2) is 10.8 Å². The molecule has 0 aliphatic rings. The van der Waals surface area contributed by atoms with Crippen LogP contribution in [0.2, 0.25) is 0 Å². The van der Waals surface area contributed by atoms with Gasteiger partial charge in [0, 0.05) is 0 Å². The predicted octanol–water partition coefficient (Wildman–Crippen LogP) is 1.68. The zero-order valence-corrected chi connectivity index (χ0v) is 4.34. The topological polar surface area (TPSA) is 28.1 Å². The Morgan fingerprint density at radius 2 is 2.50 bits per heavy atom. The van der Waals surface area contributed by atoms with Crippen molar-refractivity contribution in [1.29, 1.82) is 5.26 Å². The third-order valence-corrected chi connectivity index (χ3v) is 1.01. The molecular weight excluding hydrogens is 116 g/mol. The molecule has 0 fully saturated rings. The Kier molecular flexibility index (Phi) is 4.43. The SMILES string of the molecule is [C-]#[N+]SSC#N. The second-order valence-corrected chi connectivity index (χ2v) is 1.97. The number of thiocyanates is 1. The molecular formula is C2N2S2. The molecule has 0 rings (SSSR count). The minimum Gasteiger partial charge on any atom is -0.215 e. The molecule has 0 aromatic heterocycles. The van der Waals surface area contributed by atoms with Crippen molar-refractivity contribution in [2.24, 2.45) is 0 Å². The third kappa shape index (κ3) is 3.68. The smallest absolute Gasteiger partial charge is 0.215 e. The van der Waals surface area contributed by atoms with Gasteiger partial charge in [0.05, 0.1) is 0 Å². The summed E-state index contributed by atoms with van der Waals surface area (Å²) in [5.74, 6) is 0. The molecule has 0 aliphatic heterocycles. The highest BCUT2D eigenvalue weighted by Gasteiger charge is 1.83. The van der Waals surface area contributed by atoms with E-state index in [0.717, 1.165) is 21.8 Å². The van der Waals surface area contributed by atoms with Crippen molar-refractivity contribution in [2.45, 2.75) is 0 Å². The van der Waals surface area contributed by atoms with Crippen molar-refractivity contribution >= 4 is 21.8 Å². The van der Waals surface area contributed by atoms with Crippen LogP contribution in [-0.2, 0) is 0 Å². The van der Waals surface area contributed by atoms with Crippen LogP contribution in [0.25, 0.3) is 4.25 Å². The number of hydrogen-bond acceptors (Lipinski definition) is 3. The molecule has 0 saturated carbocycles. The van der Waals surface area contributed by atoms with Crippen LogP contribution < -0.4 is 0 Å². The molecule has 0 unspecified atom stereocenters. The first-order valence-corrected chi connectivity index (χ1v) is 3.11. The van der Waals surface area contributed by atoms with Gasteiger partial charge in [0.2, 0.25) is 0 Å². The lowest BCUT2D eigenvalue weighted by molar-refractivity contribution is 1.57. The van der Waals surface area contributed by atoms with Gasteiger partial charge in [-0.05, 0) is 0 Å². The van der Waals surface area contributed by atoms with E-state index >= 15 is 0 Å². The van der Waals surface area contributed by atoms with E-state index in [1.54, 1.807) is 5.40 Å². The van der Waals surface area contributed by atoms with E-state index in [1.807, 2.05) is 0 Å². The first-order valence-electron chi connectivity index (χ1n) is 1.00. The summed E-state index contributed by atoms with van der Waals surface area (Å²) in [6, 6.07) is 0. The fraction of sp³-hybridized carbons (Fsp3) is 0.